The number of carbonyl (C=O) groups excluding carboxylic acids is 1. The summed E-state index contributed by atoms with van der Waals surface area (Å²) in [7, 11) is -2.21. The molecule has 0 radical (unpaired) electrons. The first kappa shape index (κ1) is 20.6. The number of para-hydroxylation sites is 1. The minimum Gasteiger partial charge on any atom is -0.496 e. The number of methoxy groups -OCH3 is 1. The number of ether oxygens (including phenoxy) is 1. The monoisotopic (exact) mass is 422 g/mol. The maximum atomic E-state index is 13.1. The van der Waals surface area contributed by atoms with Crippen LogP contribution in [0.2, 0.25) is 5.02 Å². The second kappa shape index (κ2) is 8.94. The van der Waals surface area contributed by atoms with E-state index in [1.165, 1.54) is 28.6 Å². The van der Waals surface area contributed by atoms with Crippen LogP contribution in [0.5, 0.6) is 5.75 Å². The van der Waals surface area contributed by atoms with E-state index in [0.717, 1.165) is 18.4 Å². The third kappa shape index (κ3) is 4.48. The average Bonchev–Trinajstić information content (AvgIpc) is 2.72. The molecule has 6 nitrogen and oxygen atoms in total. The normalized spacial score (nSPS) is 17.9. The second-order valence-electron chi connectivity index (χ2n) is 6.61. The zero-order valence-electron chi connectivity index (χ0n) is 15.6. The van der Waals surface area contributed by atoms with E-state index >= 15 is 0 Å². The van der Waals surface area contributed by atoms with Gasteiger partial charge in [0.05, 0.1) is 12.0 Å². The first-order valence-electron chi connectivity index (χ1n) is 9.10. The highest BCUT2D eigenvalue weighted by Gasteiger charge is 2.37. The summed E-state index contributed by atoms with van der Waals surface area (Å²) in [6.45, 7) is 0.589. The third-order valence-electron chi connectivity index (χ3n) is 4.82. The van der Waals surface area contributed by atoms with Crippen molar-refractivity contribution in [1.82, 2.24) is 9.62 Å². The van der Waals surface area contributed by atoms with Gasteiger partial charge in [0.15, 0.2) is 0 Å². The average molecular weight is 423 g/mol. The third-order valence-corrected chi connectivity index (χ3v) is 7.00. The SMILES string of the molecule is COc1ccccc1CNC(=O)[C@@H]1CCCCN1S(=O)(=O)c1ccc(Cl)cc1. The molecule has 0 spiro atoms. The number of hydrogen-bond acceptors (Lipinski definition) is 4. The topological polar surface area (TPSA) is 75.7 Å². The summed E-state index contributed by atoms with van der Waals surface area (Å²) in [4.78, 5) is 13.0. The van der Waals surface area contributed by atoms with Gasteiger partial charge in [0, 0.05) is 23.7 Å². The molecule has 150 valence electrons. The molecule has 3 rings (SSSR count). The molecule has 2 aromatic carbocycles. The van der Waals surface area contributed by atoms with Crippen LogP contribution in [-0.4, -0.2) is 38.3 Å². The summed E-state index contributed by atoms with van der Waals surface area (Å²) in [6, 6.07) is 12.7. The molecule has 1 amide bonds. The van der Waals surface area contributed by atoms with E-state index in [9.17, 15) is 13.2 Å². The second-order valence-corrected chi connectivity index (χ2v) is 8.94. The summed E-state index contributed by atoms with van der Waals surface area (Å²) in [5.41, 5.74) is 0.835. The minimum atomic E-state index is -3.78. The fourth-order valence-corrected chi connectivity index (χ4v) is 5.13. The van der Waals surface area contributed by atoms with Gasteiger partial charge in [-0.25, -0.2) is 8.42 Å². The Labute approximate surface area is 170 Å². The molecular weight excluding hydrogens is 400 g/mol. The molecule has 0 aliphatic carbocycles. The number of amides is 1. The first-order chi connectivity index (χ1) is 13.4. The molecule has 1 saturated heterocycles. The van der Waals surface area contributed by atoms with E-state index in [4.69, 9.17) is 16.3 Å². The van der Waals surface area contributed by atoms with Gasteiger partial charge in [0.1, 0.15) is 11.8 Å². The van der Waals surface area contributed by atoms with Crippen LogP contribution in [0, 0.1) is 0 Å². The first-order valence-corrected chi connectivity index (χ1v) is 10.9. The Kier molecular flexibility index (Phi) is 6.59. The molecule has 8 heteroatoms. The zero-order valence-corrected chi connectivity index (χ0v) is 17.2. The Balaban J connectivity index is 1.77. The summed E-state index contributed by atoms with van der Waals surface area (Å²) >= 11 is 5.87. The van der Waals surface area contributed by atoms with Crippen molar-refractivity contribution in [2.24, 2.45) is 0 Å². The molecule has 1 heterocycles. The van der Waals surface area contributed by atoms with E-state index in [2.05, 4.69) is 5.32 Å². The predicted octanol–water partition coefficient (Wildman–Crippen LogP) is 3.21. The number of nitrogens with zero attached hydrogens (tertiary/aromatic N) is 1. The lowest BCUT2D eigenvalue weighted by Gasteiger charge is -2.33. The Bertz CT molecular complexity index is 931. The molecule has 1 fully saturated rings. The molecule has 0 unspecified atom stereocenters. The van der Waals surface area contributed by atoms with Crippen LogP contribution in [0.3, 0.4) is 0 Å². The molecule has 1 atom stereocenters. The van der Waals surface area contributed by atoms with Gasteiger partial charge in [-0.3, -0.25) is 4.79 Å². The summed E-state index contributed by atoms with van der Waals surface area (Å²) in [6.07, 6.45) is 2.02. The largest absolute Gasteiger partial charge is 0.496 e. The van der Waals surface area contributed by atoms with Crippen LogP contribution in [0.15, 0.2) is 53.4 Å². The molecule has 1 aliphatic rings. The van der Waals surface area contributed by atoms with Crippen LogP contribution < -0.4 is 10.1 Å². The van der Waals surface area contributed by atoms with E-state index < -0.39 is 16.1 Å². The van der Waals surface area contributed by atoms with Crippen LogP contribution in [0.25, 0.3) is 0 Å². The molecule has 0 bridgehead atoms. The van der Waals surface area contributed by atoms with Crippen LogP contribution in [0.1, 0.15) is 24.8 Å². The summed E-state index contributed by atoms with van der Waals surface area (Å²) in [5, 5.41) is 3.32. The van der Waals surface area contributed by atoms with E-state index in [1.807, 2.05) is 24.3 Å². The number of rotatable bonds is 6. The molecule has 0 saturated carbocycles. The van der Waals surface area contributed by atoms with Crippen molar-refractivity contribution in [3.63, 3.8) is 0 Å². The highest BCUT2D eigenvalue weighted by Crippen LogP contribution is 2.26. The van der Waals surface area contributed by atoms with Gasteiger partial charge >= 0.3 is 0 Å². The van der Waals surface area contributed by atoms with Crippen LogP contribution in [-0.2, 0) is 21.4 Å². The van der Waals surface area contributed by atoms with Gasteiger partial charge in [0.25, 0.3) is 0 Å². The highest BCUT2D eigenvalue weighted by molar-refractivity contribution is 7.89. The maximum absolute atomic E-state index is 13.1. The number of sulfonamides is 1. The van der Waals surface area contributed by atoms with Gasteiger partial charge in [-0.15, -0.1) is 0 Å². The fraction of sp³-hybridized carbons (Fsp3) is 0.350. The molecule has 1 N–H and O–H groups in total. The lowest BCUT2D eigenvalue weighted by molar-refractivity contribution is -0.125. The lowest BCUT2D eigenvalue weighted by Crippen LogP contribution is -2.51. The van der Waals surface area contributed by atoms with Gasteiger partial charge in [-0.1, -0.05) is 36.2 Å². The summed E-state index contributed by atoms with van der Waals surface area (Å²) in [5.74, 6) is 0.375. The van der Waals surface area contributed by atoms with E-state index in [-0.39, 0.29) is 17.3 Å². The summed E-state index contributed by atoms with van der Waals surface area (Å²) < 4.78 is 32.7. The number of piperidine rings is 1. The van der Waals surface area contributed by atoms with Crippen molar-refractivity contribution in [1.29, 1.82) is 0 Å². The van der Waals surface area contributed by atoms with Crippen molar-refractivity contribution >= 4 is 27.5 Å². The number of benzene rings is 2. The molecule has 28 heavy (non-hydrogen) atoms. The molecular formula is C20H23ClN2O4S. The zero-order chi connectivity index (χ0) is 20.1. The minimum absolute atomic E-state index is 0.140. The van der Waals surface area contributed by atoms with Crippen molar-refractivity contribution in [2.45, 2.75) is 36.7 Å². The van der Waals surface area contributed by atoms with Gasteiger partial charge in [0.2, 0.25) is 15.9 Å². The highest BCUT2D eigenvalue weighted by atomic mass is 35.5. The van der Waals surface area contributed by atoms with E-state index in [1.54, 1.807) is 7.11 Å². The molecule has 0 aromatic heterocycles. The Hall–Kier alpha value is -2.09. The van der Waals surface area contributed by atoms with Crippen molar-refractivity contribution < 1.29 is 17.9 Å². The van der Waals surface area contributed by atoms with Crippen LogP contribution >= 0.6 is 11.6 Å². The van der Waals surface area contributed by atoms with Crippen molar-refractivity contribution in [3.8, 4) is 5.75 Å². The molecule has 1 aliphatic heterocycles. The fourth-order valence-electron chi connectivity index (χ4n) is 3.35. The maximum Gasteiger partial charge on any atom is 0.243 e. The van der Waals surface area contributed by atoms with Gasteiger partial charge in [-0.05, 0) is 43.2 Å². The Morgan fingerprint density at radius 1 is 1.18 bits per heavy atom. The van der Waals surface area contributed by atoms with Gasteiger partial charge in [-0.2, -0.15) is 4.31 Å². The van der Waals surface area contributed by atoms with Crippen molar-refractivity contribution in [3.05, 3.63) is 59.1 Å². The van der Waals surface area contributed by atoms with Gasteiger partial charge < -0.3 is 10.1 Å². The number of halogens is 1. The van der Waals surface area contributed by atoms with Crippen molar-refractivity contribution in [2.75, 3.05) is 13.7 Å². The Morgan fingerprint density at radius 3 is 2.61 bits per heavy atom. The Morgan fingerprint density at radius 2 is 1.89 bits per heavy atom. The smallest absolute Gasteiger partial charge is 0.243 e. The number of carbonyl (C=O) groups is 1. The number of nitrogens with one attached hydrogen (secondary N) is 1. The lowest BCUT2D eigenvalue weighted by atomic mass is 10.0. The molecule has 2 aromatic rings. The standard InChI is InChI=1S/C20H23ClN2O4S/c1-27-19-8-3-2-6-15(19)14-22-20(24)18-7-4-5-13-23(18)28(25,26)17-11-9-16(21)10-12-17/h2-3,6,8-12,18H,4-5,7,13-14H2,1H3,(H,22,24)/t18-/m0/s1. The quantitative estimate of drug-likeness (QED) is 0.775. The van der Waals surface area contributed by atoms with E-state index in [0.29, 0.717) is 23.7 Å². The number of hydrogen-bond donors (Lipinski definition) is 1. The predicted molar refractivity (Wildman–Crippen MR) is 108 cm³/mol. The van der Waals surface area contributed by atoms with Crippen LogP contribution in [0.4, 0.5) is 0 Å².